The molecule has 1 aromatic carbocycles. The average molecular weight is 298 g/mol. The van der Waals surface area contributed by atoms with Gasteiger partial charge in [-0.25, -0.2) is 0 Å². The molecule has 114 valence electrons. The van der Waals surface area contributed by atoms with E-state index in [0.717, 1.165) is 17.2 Å². The fraction of sp³-hybridized carbons (Fsp3) is 0.353. The number of carboxylic acid groups (broad SMARTS) is 1. The van der Waals surface area contributed by atoms with Crippen LogP contribution in [-0.2, 0) is 4.79 Å². The predicted molar refractivity (Wildman–Crippen MR) is 82.6 cm³/mol. The minimum Gasteiger partial charge on any atom is -0.481 e. The van der Waals surface area contributed by atoms with Crippen LogP contribution in [0.5, 0.6) is 0 Å². The fourth-order valence-corrected chi connectivity index (χ4v) is 3.06. The normalized spacial score (nSPS) is 21.8. The molecular formula is C17H18N2O3. The first-order valence-electron chi connectivity index (χ1n) is 7.44. The maximum absolute atomic E-state index is 12.9. The first kappa shape index (κ1) is 14.5. The second kappa shape index (κ2) is 5.75. The van der Waals surface area contributed by atoms with Crippen molar-refractivity contribution in [3.05, 3.63) is 42.2 Å². The van der Waals surface area contributed by atoms with Gasteiger partial charge in [-0.05, 0) is 37.3 Å². The van der Waals surface area contributed by atoms with Gasteiger partial charge in [-0.2, -0.15) is 0 Å². The quantitative estimate of drug-likeness (QED) is 0.925. The highest BCUT2D eigenvalue weighted by Crippen LogP contribution is 2.26. The number of amides is 1. The van der Waals surface area contributed by atoms with Gasteiger partial charge in [0.1, 0.15) is 0 Å². The lowest BCUT2D eigenvalue weighted by Gasteiger charge is -2.36. The lowest BCUT2D eigenvalue weighted by molar-refractivity contribution is -0.143. The monoisotopic (exact) mass is 298 g/mol. The average Bonchev–Trinajstić information content (AvgIpc) is 2.54. The van der Waals surface area contributed by atoms with Gasteiger partial charge in [0.25, 0.3) is 5.91 Å². The molecule has 5 nitrogen and oxygen atoms in total. The van der Waals surface area contributed by atoms with E-state index in [1.807, 2.05) is 25.1 Å². The lowest BCUT2D eigenvalue weighted by Crippen LogP contribution is -2.47. The highest BCUT2D eigenvalue weighted by Gasteiger charge is 2.33. The van der Waals surface area contributed by atoms with Crippen molar-refractivity contribution in [2.24, 2.45) is 5.92 Å². The zero-order valence-electron chi connectivity index (χ0n) is 12.4. The van der Waals surface area contributed by atoms with Gasteiger partial charge in [-0.15, -0.1) is 0 Å². The van der Waals surface area contributed by atoms with E-state index in [2.05, 4.69) is 4.98 Å². The Morgan fingerprint density at radius 3 is 2.86 bits per heavy atom. The van der Waals surface area contributed by atoms with E-state index < -0.39 is 11.9 Å². The summed E-state index contributed by atoms with van der Waals surface area (Å²) in [4.78, 5) is 29.9. The largest absolute Gasteiger partial charge is 0.481 e. The maximum Gasteiger partial charge on any atom is 0.308 e. The molecule has 2 heterocycles. The topological polar surface area (TPSA) is 70.5 Å². The molecule has 1 amide bonds. The van der Waals surface area contributed by atoms with Crippen LogP contribution in [0.2, 0.25) is 0 Å². The van der Waals surface area contributed by atoms with Gasteiger partial charge >= 0.3 is 5.97 Å². The van der Waals surface area contributed by atoms with Crippen molar-refractivity contribution in [3.63, 3.8) is 0 Å². The number of hydrogen-bond acceptors (Lipinski definition) is 3. The molecule has 2 atom stereocenters. The lowest BCUT2D eigenvalue weighted by atomic mass is 9.92. The van der Waals surface area contributed by atoms with Crippen LogP contribution in [-0.4, -0.2) is 39.5 Å². The highest BCUT2D eigenvalue weighted by atomic mass is 16.4. The van der Waals surface area contributed by atoms with Crippen LogP contribution in [0.25, 0.3) is 10.8 Å². The smallest absolute Gasteiger partial charge is 0.308 e. The highest BCUT2D eigenvalue weighted by molar-refractivity contribution is 6.07. The van der Waals surface area contributed by atoms with Crippen LogP contribution in [0.1, 0.15) is 30.1 Å². The van der Waals surface area contributed by atoms with Crippen LogP contribution < -0.4 is 0 Å². The summed E-state index contributed by atoms with van der Waals surface area (Å²) in [6.45, 7) is 2.25. The summed E-state index contributed by atoms with van der Waals surface area (Å²) < 4.78 is 0. The van der Waals surface area contributed by atoms with Crippen molar-refractivity contribution in [1.29, 1.82) is 0 Å². The van der Waals surface area contributed by atoms with Crippen molar-refractivity contribution >= 4 is 22.6 Å². The Bertz CT molecular complexity index is 723. The Kier molecular flexibility index (Phi) is 3.79. The molecule has 2 aromatic rings. The Morgan fingerprint density at radius 2 is 2.09 bits per heavy atom. The molecule has 1 aliphatic heterocycles. The molecule has 1 fully saturated rings. The van der Waals surface area contributed by atoms with E-state index in [9.17, 15) is 14.7 Å². The fourth-order valence-electron chi connectivity index (χ4n) is 3.06. The molecule has 3 rings (SSSR count). The number of fused-ring (bicyclic) bond motifs is 1. The summed E-state index contributed by atoms with van der Waals surface area (Å²) in [5, 5.41) is 11.0. The molecule has 1 aromatic heterocycles. The molecule has 1 saturated heterocycles. The Morgan fingerprint density at radius 1 is 1.27 bits per heavy atom. The molecule has 0 aliphatic carbocycles. The minimum atomic E-state index is -0.827. The van der Waals surface area contributed by atoms with Gasteiger partial charge in [-0.3, -0.25) is 14.6 Å². The number of aromatic nitrogens is 1. The summed E-state index contributed by atoms with van der Waals surface area (Å²) in [6.07, 6.45) is 4.74. The summed E-state index contributed by atoms with van der Waals surface area (Å²) in [5.41, 5.74) is 0.609. The molecule has 2 unspecified atom stereocenters. The van der Waals surface area contributed by atoms with E-state index >= 15 is 0 Å². The number of likely N-dealkylation sites (tertiary alicyclic amines) is 1. The van der Waals surface area contributed by atoms with E-state index in [-0.39, 0.29) is 18.5 Å². The molecule has 0 spiro atoms. The molecule has 22 heavy (non-hydrogen) atoms. The summed E-state index contributed by atoms with van der Waals surface area (Å²) in [6, 6.07) is 7.42. The third-order valence-electron chi connectivity index (χ3n) is 4.40. The number of piperidine rings is 1. The Labute approximate surface area is 128 Å². The number of rotatable bonds is 2. The number of carboxylic acids is 1. The van der Waals surface area contributed by atoms with Gasteiger partial charge in [-0.1, -0.05) is 12.1 Å². The zero-order chi connectivity index (χ0) is 15.7. The molecule has 5 heteroatoms. The van der Waals surface area contributed by atoms with Crippen molar-refractivity contribution in [2.45, 2.75) is 25.8 Å². The summed E-state index contributed by atoms with van der Waals surface area (Å²) in [7, 11) is 0. The van der Waals surface area contributed by atoms with Crippen LogP contribution >= 0.6 is 0 Å². The molecule has 0 saturated carbocycles. The standard InChI is InChI=1S/C17H18N2O3/c1-11-5-6-13(17(21)22)10-19(11)16(20)15-4-2-3-12-9-18-8-7-14(12)15/h2-4,7-9,11,13H,5-6,10H2,1H3,(H,21,22). The first-order chi connectivity index (χ1) is 10.6. The van der Waals surface area contributed by atoms with Crippen LogP contribution in [0.4, 0.5) is 0 Å². The Hall–Kier alpha value is -2.43. The third-order valence-corrected chi connectivity index (χ3v) is 4.40. The number of carbonyl (C=O) groups excluding carboxylic acids is 1. The van der Waals surface area contributed by atoms with Crippen LogP contribution in [0.15, 0.2) is 36.7 Å². The second-order valence-electron chi connectivity index (χ2n) is 5.82. The van der Waals surface area contributed by atoms with Crippen molar-refractivity contribution < 1.29 is 14.7 Å². The Balaban J connectivity index is 1.96. The zero-order valence-corrected chi connectivity index (χ0v) is 12.4. The summed E-state index contributed by atoms with van der Waals surface area (Å²) in [5.74, 6) is -1.40. The van der Waals surface area contributed by atoms with E-state index in [1.165, 1.54) is 0 Å². The second-order valence-corrected chi connectivity index (χ2v) is 5.82. The molecule has 1 N–H and O–H groups in total. The van der Waals surface area contributed by atoms with E-state index in [1.54, 1.807) is 23.4 Å². The number of benzene rings is 1. The van der Waals surface area contributed by atoms with Gasteiger partial charge in [0.15, 0.2) is 0 Å². The number of hydrogen-bond donors (Lipinski definition) is 1. The summed E-state index contributed by atoms with van der Waals surface area (Å²) >= 11 is 0. The maximum atomic E-state index is 12.9. The van der Waals surface area contributed by atoms with Crippen LogP contribution in [0, 0.1) is 5.92 Å². The van der Waals surface area contributed by atoms with E-state index in [0.29, 0.717) is 12.0 Å². The molecular weight excluding hydrogens is 280 g/mol. The predicted octanol–water partition coefficient (Wildman–Crippen LogP) is 2.56. The number of aliphatic carboxylic acids is 1. The first-order valence-corrected chi connectivity index (χ1v) is 7.44. The van der Waals surface area contributed by atoms with Crippen LogP contribution in [0.3, 0.4) is 0 Å². The van der Waals surface area contributed by atoms with Crippen molar-refractivity contribution in [1.82, 2.24) is 9.88 Å². The molecule has 0 radical (unpaired) electrons. The molecule has 0 bridgehead atoms. The van der Waals surface area contributed by atoms with Gasteiger partial charge in [0.2, 0.25) is 0 Å². The van der Waals surface area contributed by atoms with Crippen molar-refractivity contribution in [2.75, 3.05) is 6.54 Å². The third kappa shape index (κ3) is 2.54. The van der Waals surface area contributed by atoms with Gasteiger partial charge < -0.3 is 10.0 Å². The van der Waals surface area contributed by atoms with Gasteiger partial charge in [0, 0.05) is 35.9 Å². The number of pyridine rings is 1. The van der Waals surface area contributed by atoms with Crippen molar-refractivity contribution in [3.8, 4) is 0 Å². The number of nitrogens with zero attached hydrogens (tertiary/aromatic N) is 2. The number of carbonyl (C=O) groups is 2. The SMILES string of the molecule is CC1CCC(C(=O)O)CN1C(=O)c1cccc2cnccc12. The minimum absolute atomic E-state index is 0.0557. The van der Waals surface area contributed by atoms with Gasteiger partial charge in [0.05, 0.1) is 5.92 Å². The van der Waals surface area contributed by atoms with E-state index in [4.69, 9.17) is 0 Å². The molecule has 1 aliphatic rings.